The summed E-state index contributed by atoms with van der Waals surface area (Å²) in [5, 5.41) is 0. The Morgan fingerprint density at radius 1 is 1.20 bits per heavy atom. The lowest BCUT2D eigenvalue weighted by atomic mass is 10.2. The number of rotatable bonds is 6. The maximum Gasteiger partial charge on any atom is 0.230 e. The highest BCUT2D eigenvalue weighted by molar-refractivity contribution is 5.39. The second-order valence-electron chi connectivity index (χ2n) is 6.87. The molecule has 3 heterocycles. The van der Waals surface area contributed by atoms with Gasteiger partial charge in [-0.1, -0.05) is 13.8 Å². The highest BCUT2D eigenvalue weighted by atomic mass is 16.5. The van der Waals surface area contributed by atoms with Gasteiger partial charge in [-0.2, -0.15) is 15.0 Å². The first-order chi connectivity index (χ1) is 12.0. The fourth-order valence-corrected chi connectivity index (χ4v) is 2.71. The van der Waals surface area contributed by atoms with E-state index < -0.39 is 0 Å². The molecule has 0 radical (unpaired) electrons. The van der Waals surface area contributed by atoms with Crippen LogP contribution in [0.4, 0.5) is 11.9 Å². The van der Waals surface area contributed by atoms with Crippen LogP contribution in [-0.2, 0) is 11.3 Å². The average molecular weight is 342 g/mol. The lowest BCUT2D eigenvalue weighted by Gasteiger charge is -2.20. The Labute approximate surface area is 149 Å². The molecule has 0 N–H and O–H groups in total. The van der Waals surface area contributed by atoms with Gasteiger partial charge >= 0.3 is 0 Å². The largest absolute Gasteiger partial charge is 0.372 e. The van der Waals surface area contributed by atoms with Crippen LogP contribution < -0.4 is 9.80 Å². The molecule has 1 fully saturated rings. The minimum atomic E-state index is 0.190. The molecular weight excluding hydrogens is 316 g/mol. The molecule has 25 heavy (non-hydrogen) atoms. The summed E-state index contributed by atoms with van der Waals surface area (Å²) < 4.78 is 6.05. The predicted octanol–water partition coefficient (Wildman–Crippen LogP) is 2.25. The van der Waals surface area contributed by atoms with E-state index in [1.807, 2.05) is 31.1 Å². The molecular formula is C18H26N6O. The topological polar surface area (TPSA) is 67.3 Å². The molecule has 0 spiro atoms. The Kier molecular flexibility index (Phi) is 5.43. The van der Waals surface area contributed by atoms with E-state index in [1.54, 1.807) is 12.4 Å². The summed E-state index contributed by atoms with van der Waals surface area (Å²) in [6.07, 6.45) is 4.75. The molecule has 0 aromatic carbocycles. The number of hydrogen-bond acceptors (Lipinski definition) is 7. The highest BCUT2D eigenvalue weighted by Gasteiger charge is 2.26. The Morgan fingerprint density at radius 2 is 1.96 bits per heavy atom. The van der Waals surface area contributed by atoms with Gasteiger partial charge in [-0.15, -0.1) is 0 Å². The first kappa shape index (κ1) is 17.5. The Bertz CT molecular complexity index is 665. The van der Waals surface area contributed by atoms with Crippen LogP contribution in [0.1, 0.15) is 37.6 Å². The fraction of sp³-hybridized carbons (Fsp3) is 0.556. The molecule has 2 aromatic heterocycles. The van der Waals surface area contributed by atoms with Gasteiger partial charge in [0.2, 0.25) is 11.9 Å². The third-order valence-electron chi connectivity index (χ3n) is 4.21. The second-order valence-corrected chi connectivity index (χ2v) is 6.87. The van der Waals surface area contributed by atoms with Gasteiger partial charge in [-0.25, -0.2) is 0 Å². The quantitative estimate of drug-likeness (QED) is 0.797. The zero-order valence-corrected chi connectivity index (χ0v) is 15.4. The first-order valence-corrected chi connectivity index (χ1v) is 8.71. The Hall–Kier alpha value is -2.28. The van der Waals surface area contributed by atoms with E-state index in [2.05, 4.69) is 38.7 Å². The Morgan fingerprint density at radius 3 is 2.64 bits per heavy atom. The third kappa shape index (κ3) is 4.42. The number of hydrogen-bond donors (Lipinski definition) is 0. The van der Waals surface area contributed by atoms with Crippen molar-refractivity contribution in [3.8, 4) is 0 Å². The molecule has 1 aliphatic heterocycles. The van der Waals surface area contributed by atoms with Crippen molar-refractivity contribution in [1.29, 1.82) is 0 Å². The SMILES string of the molecule is CC(C)c1nc(N(C)C)nc(N2CC[C@H](OCc3ccncc3)C2)n1. The van der Waals surface area contributed by atoms with E-state index in [0.717, 1.165) is 36.8 Å². The van der Waals surface area contributed by atoms with Crippen molar-refractivity contribution in [1.82, 2.24) is 19.9 Å². The molecule has 1 aliphatic rings. The normalized spacial score (nSPS) is 17.3. The van der Waals surface area contributed by atoms with Crippen LogP contribution in [0.15, 0.2) is 24.5 Å². The molecule has 2 aromatic rings. The smallest absolute Gasteiger partial charge is 0.230 e. The number of anilines is 2. The summed E-state index contributed by atoms with van der Waals surface area (Å²) in [7, 11) is 3.90. The molecule has 1 saturated heterocycles. The average Bonchev–Trinajstić information content (AvgIpc) is 3.09. The molecule has 0 bridgehead atoms. The van der Waals surface area contributed by atoms with E-state index in [9.17, 15) is 0 Å². The second kappa shape index (κ2) is 7.74. The molecule has 134 valence electrons. The summed E-state index contributed by atoms with van der Waals surface area (Å²) in [6.45, 7) is 6.51. The highest BCUT2D eigenvalue weighted by Crippen LogP contribution is 2.22. The van der Waals surface area contributed by atoms with Crippen LogP contribution >= 0.6 is 0 Å². The van der Waals surface area contributed by atoms with Crippen LogP contribution in [-0.4, -0.2) is 53.2 Å². The summed E-state index contributed by atoms with van der Waals surface area (Å²) in [4.78, 5) is 22.0. The maximum absolute atomic E-state index is 6.05. The zero-order chi connectivity index (χ0) is 17.8. The van der Waals surface area contributed by atoms with Gasteiger partial charge in [-0.3, -0.25) is 4.98 Å². The van der Waals surface area contributed by atoms with E-state index >= 15 is 0 Å². The van der Waals surface area contributed by atoms with E-state index in [1.165, 1.54) is 0 Å². The molecule has 0 amide bonds. The van der Waals surface area contributed by atoms with Gasteiger partial charge in [0, 0.05) is 45.5 Å². The van der Waals surface area contributed by atoms with Crippen molar-refractivity contribution in [3.63, 3.8) is 0 Å². The third-order valence-corrected chi connectivity index (χ3v) is 4.21. The van der Waals surface area contributed by atoms with Crippen molar-refractivity contribution in [2.75, 3.05) is 37.0 Å². The van der Waals surface area contributed by atoms with Gasteiger partial charge in [0.05, 0.1) is 12.7 Å². The van der Waals surface area contributed by atoms with Crippen LogP contribution in [0, 0.1) is 0 Å². The van der Waals surface area contributed by atoms with E-state index in [-0.39, 0.29) is 12.0 Å². The van der Waals surface area contributed by atoms with Gasteiger partial charge < -0.3 is 14.5 Å². The molecule has 7 nitrogen and oxygen atoms in total. The summed E-state index contributed by atoms with van der Waals surface area (Å²) in [5.41, 5.74) is 1.14. The monoisotopic (exact) mass is 342 g/mol. The predicted molar refractivity (Wildman–Crippen MR) is 97.9 cm³/mol. The molecule has 7 heteroatoms. The number of ether oxygens (including phenoxy) is 1. The van der Waals surface area contributed by atoms with Gasteiger partial charge in [0.15, 0.2) is 0 Å². The van der Waals surface area contributed by atoms with E-state index in [4.69, 9.17) is 4.74 Å². The van der Waals surface area contributed by atoms with Gasteiger partial charge in [0.25, 0.3) is 0 Å². The van der Waals surface area contributed by atoms with Gasteiger partial charge in [-0.05, 0) is 24.1 Å². The van der Waals surface area contributed by atoms with Crippen LogP contribution in [0.2, 0.25) is 0 Å². The summed E-state index contributed by atoms with van der Waals surface area (Å²) in [5.74, 6) is 2.55. The fourth-order valence-electron chi connectivity index (χ4n) is 2.71. The standard InChI is InChI=1S/C18H26N6O/c1-13(2)16-20-17(23(3)4)22-18(21-16)24-10-7-15(11-24)25-12-14-5-8-19-9-6-14/h5-6,8-9,13,15H,7,10-12H2,1-4H3/t15-/m0/s1. The maximum atomic E-state index is 6.05. The molecule has 0 unspecified atom stereocenters. The Balaban J connectivity index is 1.67. The zero-order valence-electron chi connectivity index (χ0n) is 15.4. The first-order valence-electron chi connectivity index (χ1n) is 8.71. The van der Waals surface area contributed by atoms with Crippen molar-refractivity contribution in [2.24, 2.45) is 0 Å². The summed E-state index contributed by atoms with van der Waals surface area (Å²) >= 11 is 0. The van der Waals surface area contributed by atoms with Crippen molar-refractivity contribution in [2.45, 2.75) is 38.9 Å². The minimum Gasteiger partial charge on any atom is -0.372 e. The van der Waals surface area contributed by atoms with Crippen LogP contribution in [0.3, 0.4) is 0 Å². The molecule has 3 rings (SSSR count). The molecule has 0 aliphatic carbocycles. The van der Waals surface area contributed by atoms with Crippen molar-refractivity contribution >= 4 is 11.9 Å². The lowest BCUT2D eigenvalue weighted by molar-refractivity contribution is 0.0552. The minimum absolute atomic E-state index is 0.190. The van der Waals surface area contributed by atoms with Crippen molar-refractivity contribution < 1.29 is 4.74 Å². The van der Waals surface area contributed by atoms with Crippen LogP contribution in [0.25, 0.3) is 0 Å². The van der Waals surface area contributed by atoms with Gasteiger partial charge in [0.1, 0.15) is 5.82 Å². The number of nitrogens with zero attached hydrogens (tertiary/aromatic N) is 6. The molecule has 1 atom stereocenters. The van der Waals surface area contributed by atoms with Crippen LogP contribution in [0.5, 0.6) is 0 Å². The number of pyridine rings is 1. The lowest BCUT2D eigenvalue weighted by Crippen LogP contribution is -2.27. The summed E-state index contributed by atoms with van der Waals surface area (Å²) in [6, 6.07) is 3.97. The number of aromatic nitrogens is 4. The molecule has 0 saturated carbocycles. The van der Waals surface area contributed by atoms with E-state index in [0.29, 0.717) is 12.6 Å². The van der Waals surface area contributed by atoms with Crippen molar-refractivity contribution in [3.05, 3.63) is 35.9 Å².